The van der Waals surface area contributed by atoms with E-state index in [1.54, 1.807) is 36.5 Å². The van der Waals surface area contributed by atoms with E-state index < -0.39 is 0 Å². The van der Waals surface area contributed by atoms with Gasteiger partial charge >= 0.3 is 0 Å². The molecule has 4 nitrogen and oxygen atoms in total. The Kier molecular flexibility index (Phi) is 5.35. The van der Waals surface area contributed by atoms with Gasteiger partial charge in [0.05, 0.1) is 6.21 Å². The van der Waals surface area contributed by atoms with Crippen molar-refractivity contribution in [2.75, 3.05) is 6.61 Å². The average molecular weight is 303 g/mol. The normalized spacial score (nSPS) is 10.6. The molecule has 0 saturated carbocycles. The largest absolute Gasteiger partial charge is 0.484 e. The molecule has 0 aliphatic heterocycles. The summed E-state index contributed by atoms with van der Waals surface area (Å²) in [6.45, 7) is 1.88. The second-order valence-electron chi connectivity index (χ2n) is 4.45. The van der Waals surface area contributed by atoms with Crippen molar-refractivity contribution in [3.05, 3.63) is 64.7 Å². The van der Waals surface area contributed by atoms with Crippen LogP contribution in [0.2, 0.25) is 5.02 Å². The molecule has 0 radical (unpaired) electrons. The minimum atomic E-state index is -0.318. The zero-order chi connectivity index (χ0) is 15.1. The predicted octanol–water partition coefficient (Wildman–Crippen LogP) is 3.18. The lowest BCUT2D eigenvalue weighted by Crippen LogP contribution is -2.24. The van der Waals surface area contributed by atoms with E-state index in [1.165, 1.54) is 0 Å². The van der Waals surface area contributed by atoms with Gasteiger partial charge in [-0.15, -0.1) is 0 Å². The highest BCUT2D eigenvalue weighted by Crippen LogP contribution is 2.11. The van der Waals surface area contributed by atoms with Gasteiger partial charge in [-0.3, -0.25) is 4.79 Å². The van der Waals surface area contributed by atoms with Gasteiger partial charge in [0.1, 0.15) is 5.75 Å². The number of nitrogens with one attached hydrogen (secondary N) is 1. The van der Waals surface area contributed by atoms with Crippen LogP contribution in [0.4, 0.5) is 0 Å². The Morgan fingerprint density at radius 3 is 2.76 bits per heavy atom. The van der Waals surface area contributed by atoms with Gasteiger partial charge in [-0.25, -0.2) is 5.43 Å². The average Bonchev–Trinajstić information content (AvgIpc) is 2.47. The van der Waals surface area contributed by atoms with Crippen molar-refractivity contribution >= 4 is 23.7 Å². The zero-order valence-electron chi connectivity index (χ0n) is 11.5. The third kappa shape index (κ3) is 5.28. The summed E-state index contributed by atoms with van der Waals surface area (Å²) < 4.78 is 5.36. The minimum Gasteiger partial charge on any atom is -0.484 e. The van der Waals surface area contributed by atoms with Gasteiger partial charge in [0.25, 0.3) is 5.91 Å². The molecule has 0 atom stereocenters. The van der Waals surface area contributed by atoms with Crippen LogP contribution >= 0.6 is 11.6 Å². The molecular formula is C16H15ClN2O2. The summed E-state index contributed by atoms with van der Waals surface area (Å²) in [6, 6.07) is 14.6. The molecule has 0 bridgehead atoms. The van der Waals surface area contributed by atoms with E-state index in [-0.39, 0.29) is 12.5 Å². The van der Waals surface area contributed by atoms with Gasteiger partial charge in [-0.1, -0.05) is 35.9 Å². The first-order chi connectivity index (χ1) is 10.1. The Bertz CT molecular complexity index is 639. The first-order valence-electron chi connectivity index (χ1n) is 6.40. The number of nitrogens with zero attached hydrogens (tertiary/aromatic N) is 1. The Labute approximate surface area is 128 Å². The number of halogens is 1. The molecule has 1 N–H and O–H groups in total. The Morgan fingerprint density at radius 2 is 2.05 bits per heavy atom. The van der Waals surface area contributed by atoms with Crippen LogP contribution in [0.3, 0.4) is 0 Å². The van der Waals surface area contributed by atoms with Gasteiger partial charge in [-0.05, 0) is 42.3 Å². The minimum absolute atomic E-state index is 0.0819. The van der Waals surface area contributed by atoms with Crippen LogP contribution in [0.1, 0.15) is 11.1 Å². The quantitative estimate of drug-likeness (QED) is 0.681. The summed E-state index contributed by atoms with van der Waals surface area (Å²) in [7, 11) is 0. The van der Waals surface area contributed by atoms with Crippen LogP contribution in [0.5, 0.6) is 5.75 Å². The molecule has 2 rings (SSSR count). The lowest BCUT2D eigenvalue weighted by molar-refractivity contribution is -0.123. The number of hydrogen-bond donors (Lipinski definition) is 1. The highest BCUT2D eigenvalue weighted by Gasteiger charge is 2.01. The lowest BCUT2D eigenvalue weighted by Gasteiger charge is -2.05. The summed E-state index contributed by atoms with van der Waals surface area (Å²) in [5.41, 5.74) is 4.33. The van der Waals surface area contributed by atoms with E-state index in [0.717, 1.165) is 11.1 Å². The highest BCUT2D eigenvalue weighted by molar-refractivity contribution is 6.30. The molecule has 2 aromatic carbocycles. The Balaban J connectivity index is 1.78. The van der Waals surface area contributed by atoms with Gasteiger partial charge < -0.3 is 4.74 Å². The molecule has 0 spiro atoms. The summed E-state index contributed by atoms with van der Waals surface area (Å²) in [5, 5.41) is 4.51. The van der Waals surface area contributed by atoms with E-state index in [4.69, 9.17) is 16.3 Å². The molecule has 5 heteroatoms. The van der Waals surface area contributed by atoms with Crippen LogP contribution < -0.4 is 10.2 Å². The number of carbonyl (C=O) groups excluding carboxylic acids is 1. The van der Waals surface area contributed by atoms with Crippen LogP contribution in [-0.2, 0) is 4.79 Å². The molecule has 0 aliphatic rings. The number of carbonyl (C=O) groups is 1. The second-order valence-corrected chi connectivity index (χ2v) is 4.89. The zero-order valence-corrected chi connectivity index (χ0v) is 12.3. The molecule has 108 valence electrons. The van der Waals surface area contributed by atoms with Gasteiger partial charge in [0, 0.05) is 5.02 Å². The topological polar surface area (TPSA) is 50.7 Å². The Hall–Kier alpha value is -2.33. The lowest BCUT2D eigenvalue weighted by atomic mass is 10.2. The Morgan fingerprint density at radius 1 is 1.29 bits per heavy atom. The van der Waals surface area contributed by atoms with E-state index >= 15 is 0 Å². The molecule has 0 heterocycles. The maximum Gasteiger partial charge on any atom is 0.277 e. The molecule has 0 aliphatic carbocycles. The summed E-state index contributed by atoms with van der Waals surface area (Å²) in [4.78, 5) is 11.6. The molecule has 0 unspecified atom stereocenters. The number of benzene rings is 2. The molecule has 0 aromatic heterocycles. The van der Waals surface area contributed by atoms with Crippen LogP contribution in [0, 0.1) is 6.92 Å². The predicted molar refractivity (Wildman–Crippen MR) is 83.9 cm³/mol. The number of aryl methyl sites for hydroxylation is 1. The third-order valence-corrected chi connectivity index (χ3v) is 2.88. The van der Waals surface area contributed by atoms with Crippen molar-refractivity contribution in [3.63, 3.8) is 0 Å². The molecule has 1 amide bonds. The number of hydrogen-bond acceptors (Lipinski definition) is 3. The van der Waals surface area contributed by atoms with Crippen molar-refractivity contribution in [1.82, 2.24) is 5.43 Å². The van der Waals surface area contributed by atoms with E-state index in [1.807, 2.05) is 25.1 Å². The standard InChI is InChI=1S/C16H15ClN2O2/c1-12-3-2-4-15(9-12)21-11-16(20)19-18-10-13-5-7-14(17)8-6-13/h2-10H,11H2,1H3,(H,19,20). The maximum absolute atomic E-state index is 11.6. The molecule has 0 saturated heterocycles. The fourth-order valence-electron chi connectivity index (χ4n) is 1.61. The number of ether oxygens (including phenoxy) is 1. The van der Waals surface area contributed by atoms with Gasteiger partial charge in [0.15, 0.2) is 6.61 Å². The van der Waals surface area contributed by atoms with E-state index in [0.29, 0.717) is 10.8 Å². The number of hydrazone groups is 1. The third-order valence-electron chi connectivity index (χ3n) is 2.63. The highest BCUT2D eigenvalue weighted by atomic mass is 35.5. The fraction of sp³-hybridized carbons (Fsp3) is 0.125. The van der Waals surface area contributed by atoms with Crippen molar-refractivity contribution < 1.29 is 9.53 Å². The first-order valence-corrected chi connectivity index (χ1v) is 6.78. The summed E-state index contributed by atoms with van der Waals surface area (Å²) in [6.07, 6.45) is 1.54. The summed E-state index contributed by atoms with van der Waals surface area (Å²) >= 11 is 5.78. The van der Waals surface area contributed by atoms with Crippen LogP contribution in [-0.4, -0.2) is 18.7 Å². The van der Waals surface area contributed by atoms with Gasteiger partial charge in [-0.2, -0.15) is 5.10 Å². The van der Waals surface area contributed by atoms with Crippen molar-refractivity contribution in [2.45, 2.75) is 6.92 Å². The van der Waals surface area contributed by atoms with Crippen molar-refractivity contribution in [3.8, 4) is 5.75 Å². The van der Waals surface area contributed by atoms with Gasteiger partial charge in [0.2, 0.25) is 0 Å². The van der Waals surface area contributed by atoms with Crippen molar-refractivity contribution in [2.24, 2.45) is 5.10 Å². The molecule has 21 heavy (non-hydrogen) atoms. The fourth-order valence-corrected chi connectivity index (χ4v) is 1.74. The second kappa shape index (κ2) is 7.45. The molecular weight excluding hydrogens is 288 g/mol. The smallest absolute Gasteiger partial charge is 0.277 e. The monoisotopic (exact) mass is 302 g/mol. The first kappa shape index (κ1) is 15.1. The van der Waals surface area contributed by atoms with E-state index in [2.05, 4.69) is 10.5 Å². The molecule has 0 fully saturated rings. The summed E-state index contributed by atoms with van der Waals surface area (Å²) in [5.74, 6) is 0.341. The SMILES string of the molecule is Cc1cccc(OCC(=O)NN=Cc2ccc(Cl)cc2)c1. The number of amides is 1. The molecule has 2 aromatic rings. The van der Waals surface area contributed by atoms with Crippen LogP contribution in [0.15, 0.2) is 53.6 Å². The van der Waals surface area contributed by atoms with E-state index in [9.17, 15) is 4.79 Å². The maximum atomic E-state index is 11.6. The van der Waals surface area contributed by atoms with Crippen molar-refractivity contribution in [1.29, 1.82) is 0 Å². The number of rotatable bonds is 5. The van der Waals surface area contributed by atoms with Crippen LogP contribution in [0.25, 0.3) is 0 Å².